The number of urea groups is 1. The summed E-state index contributed by atoms with van der Waals surface area (Å²) in [6.45, 7) is 0. The van der Waals surface area contributed by atoms with E-state index in [-0.39, 0.29) is 12.1 Å². The number of hydrogen-bond acceptors (Lipinski definition) is 4. The number of nitrogens with one attached hydrogen (secondary N) is 2. The van der Waals surface area contributed by atoms with Crippen molar-refractivity contribution >= 4 is 22.5 Å². The van der Waals surface area contributed by atoms with Gasteiger partial charge in [-0.1, -0.05) is 41.7 Å². The maximum absolute atomic E-state index is 11.8. The van der Waals surface area contributed by atoms with Crippen LogP contribution < -0.4 is 10.6 Å². The van der Waals surface area contributed by atoms with Crippen molar-refractivity contribution in [3.8, 4) is 0 Å². The second-order valence-electron chi connectivity index (χ2n) is 5.30. The van der Waals surface area contributed by atoms with Crippen molar-refractivity contribution in [2.75, 3.05) is 5.32 Å². The second-order valence-corrected chi connectivity index (χ2v) is 6.13. The standard InChI is InChI=1S/C15H18N4OS/c20-14(18-15-19-16-10-21-15)17-13-8-6-12(7-9-13)11-4-2-1-3-5-11/h1-5,10,12-13H,6-9H2,(H2,17,18,19,20). The van der Waals surface area contributed by atoms with Gasteiger partial charge in [0.15, 0.2) is 0 Å². The molecule has 1 aliphatic carbocycles. The van der Waals surface area contributed by atoms with E-state index in [2.05, 4.69) is 51.2 Å². The third kappa shape index (κ3) is 3.78. The van der Waals surface area contributed by atoms with Crippen molar-refractivity contribution in [1.29, 1.82) is 0 Å². The Balaban J connectivity index is 1.46. The third-order valence-electron chi connectivity index (χ3n) is 3.91. The summed E-state index contributed by atoms with van der Waals surface area (Å²) in [7, 11) is 0. The van der Waals surface area contributed by atoms with Gasteiger partial charge in [0.25, 0.3) is 0 Å². The van der Waals surface area contributed by atoms with Gasteiger partial charge in [-0.05, 0) is 37.2 Å². The number of hydrogen-bond donors (Lipinski definition) is 2. The molecule has 0 bridgehead atoms. The van der Waals surface area contributed by atoms with E-state index in [0.717, 1.165) is 25.7 Å². The van der Waals surface area contributed by atoms with E-state index < -0.39 is 0 Å². The van der Waals surface area contributed by atoms with Gasteiger partial charge in [-0.25, -0.2) is 4.79 Å². The summed E-state index contributed by atoms with van der Waals surface area (Å²) in [6, 6.07) is 10.7. The molecule has 0 radical (unpaired) electrons. The Kier molecular flexibility index (Phi) is 4.45. The lowest BCUT2D eigenvalue weighted by atomic mass is 9.82. The van der Waals surface area contributed by atoms with Crippen molar-refractivity contribution < 1.29 is 4.79 Å². The summed E-state index contributed by atoms with van der Waals surface area (Å²) in [5.74, 6) is 0.621. The maximum atomic E-state index is 11.8. The number of anilines is 1. The average Bonchev–Trinajstić information content (AvgIpc) is 3.02. The Morgan fingerprint density at radius 1 is 1.14 bits per heavy atom. The molecule has 1 aromatic carbocycles. The van der Waals surface area contributed by atoms with Crippen LogP contribution >= 0.6 is 11.3 Å². The van der Waals surface area contributed by atoms with E-state index >= 15 is 0 Å². The molecule has 1 saturated carbocycles. The average molecular weight is 302 g/mol. The first-order chi connectivity index (χ1) is 10.3. The molecule has 0 atom stereocenters. The van der Waals surface area contributed by atoms with Crippen LogP contribution in [0.25, 0.3) is 0 Å². The SMILES string of the molecule is O=C(Nc1nncs1)NC1CCC(c2ccccc2)CC1. The number of rotatable bonds is 3. The Hall–Kier alpha value is -1.95. The molecule has 0 aliphatic heterocycles. The van der Waals surface area contributed by atoms with Crippen LogP contribution in [0.3, 0.4) is 0 Å². The first kappa shape index (κ1) is 14.0. The van der Waals surface area contributed by atoms with Gasteiger partial charge in [0, 0.05) is 6.04 Å². The highest BCUT2D eigenvalue weighted by atomic mass is 32.1. The van der Waals surface area contributed by atoms with Crippen LogP contribution in [-0.2, 0) is 0 Å². The molecular formula is C15H18N4OS. The predicted octanol–water partition coefficient (Wildman–Crippen LogP) is 3.39. The molecule has 3 rings (SSSR count). The highest BCUT2D eigenvalue weighted by Crippen LogP contribution is 2.32. The normalized spacial score (nSPS) is 21.7. The van der Waals surface area contributed by atoms with Gasteiger partial charge in [0.1, 0.15) is 5.51 Å². The van der Waals surface area contributed by atoms with Crippen LogP contribution in [0, 0.1) is 0 Å². The monoisotopic (exact) mass is 302 g/mol. The molecule has 2 N–H and O–H groups in total. The molecule has 110 valence electrons. The smallest absolute Gasteiger partial charge is 0.321 e. The predicted molar refractivity (Wildman–Crippen MR) is 83.5 cm³/mol. The second kappa shape index (κ2) is 6.67. The molecule has 21 heavy (non-hydrogen) atoms. The number of aromatic nitrogens is 2. The number of carbonyl (C=O) groups excluding carboxylic acids is 1. The maximum Gasteiger partial charge on any atom is 0.321 e. The van der Waals surface area contributed by atoms with Crippen molar-refractivity contribution in [2.45, 2.75) is 37.6 Å². The number of nitrogens with zero attached hydrogens (tertiary/aromatic N) is 2. The molecule has 0 saturated heterocycles. The first-order valence-electron chi connectivity index (χ1n) is 7.20. The van der Waals surface area contributed by atoms with E-state index in [9.17, 15) is 4.79 Å². The Morgan fingerprint density at radius 2 is 1.90 bits per heavy atom. The lowest BCUT2D eigenvalue weighted by molar-refractivity contribution is 0.242. The van der Waals surface area contributed by atoms with E-state index in [0.29, 0.717) is 11.0 Å². The number of benzene rings is 1. The van der Waals surface area contributed by atoms with E-state index in [1.54, 1.807) is 5.51 Å². The number of carbonyl (C=O) groups is 1. The highest BCUT2D eigenvalue weighted by molar-refractivity contribution is 7.13. The van der Waals surface area contributed by atoms with Crippen LogP contribution in [0.1, 0.15) is 37.2 Å². The van der Waals surface area contributed by atoms with Crippen LogP contribution in [0.5, 0.6) is 0 Å². The van der Waals surface area contributed by atoms with Crippen LogP contribution in [-0.4, -0.2) is 22.3 Å². The first-order valence-corrected chi connectivity index (χ1v) is 8.08. The molecule has 1 fully saturated rings. The molecule has 5 nitrogen and oxygen atoms in total. The summed E-state index contributed by atoms with van der Waals surface area (Å²) in [4.78, 5) is 11.8. The third-order valence-corrected chi connectivity index (χ3v) is 4.52. The van der Waals surface area contributed by atoms with Crippen molar-refractivity contribution in [1.82, 2.24) is 15.5 Å². The lowest BCUT2D eigenvalue weighted by Gasteiger charge is -2.29. The molecule has 6 heteroatoms. The topological polar surface area (TPSA) is 66.9 Å². The Bertz CT molecular complexity index is 565. The molecule has 2 amide bonds. The summed E-state index contributed by atoms with van der Waals surface area (Å²) in [6.07, 6.45) is 4.27. The summed E-state index contributed by atoms with van der Waals surface area (Å²) >= 11 is 1.32. The molecule has 2 aromatic rings. The van der Waals surface area contributed by atoms with Crippen LogP contribution in [0.15, 0.2) is 35.8 Å². The van der Waals surface area contributed by atoms with E-state index in [1.165, 1.54) is 16.9 Å². The fourth-order valence-corrected chi connectivity index (χ4v) is 3.28. The number of amides is 2. The molecule has 0 unspecified atom stereocenters. The van der Waals surface area contributed by atoms with Gasteiger partial charge >= 0.3 is 6.03 Å². The zero-order valence-electron chi connectivity index (χ0n) is 11.7. The van der Waals surface area contributed by atoms with Gasteiger partial charge in [0.2, 0.25) is 5.13 Å². The van der Waals surface area contributed by atoms with Crippen molar-refractivity contribution in [3.05, 3.63) is 41.4 Å². The van der Waals surface area contributed by atoms with Crippen LogP contribution in [0.4, 0.5) is 9.93 Å². The molecular weight excluding hydrogens is 284 g/mol. The fourth-order valence-electron chi connectivity index (χ4n) is 2.84. The molecule has 0 spiro atoms. The highest BCUT2D eigenvalue weighted by Gasteiger charge is 2.23. The van der Waals surface area contributed by atoms with Gasteiger partial charge < -0.3 is 5.32 Å². The molecule has 1 aliphatic rings. The van der Waals surface area contributed by atoms with E-state index in [4.69, 9.17) is 0 Å². The Labute approximate surface area is 127 Å². The zero-order chi connectivity index (χ0) is 14.5. The van der Waals surface area contributed by atoms with Gasteiger partial charge in [-0.2, -0.15) is 0 Å². The van der Waals surface area contributed by atoms with Crippen molar-refractivity contribution in [2.24, 2.45) is 0 Å². The summed E-state index contributed by atoms with van der Waals surface area (Å²) < 4.78 is 0. The summed E-state index contributed by atoms with van der Waals surface area (Å²) in [5, 5.41) is 13.7. The zero-order valence-corrected chi connectivity index (χ0v) is 12.5. The minimum absolute atomic E-state index is 0.185. The van der Waals surface area contributed by atoms with Crippen LogP contribution in [0.2, 0.25) is 0 Å². The Morgan fingerprint density at radius 3 is 2.57 bits per heavy atom. The quantitative estimate of drug-likeness (QED) is 0.913. The van der Waals surface area contributed by atoms with Crippen molar-refractivity contribution in [3.63, 3.8) is 0 Å². The van der Waals surface area contributed by atoms with E-state index in [1.807, 2.05) is 0 Å². The minimum atomic E-state index is -0.185. The molecule has 1 aromatic heterocycles. The fraction of sp³-hybridized carbons (Fsp3) is 0.400. The van der Waals surface area contributed by atoms with Gasteiger partial charge in [-0.15, -0.1) is 10.2 Å². The summed E-state index contributed by atoms with van der Waals surface area (Å²) in [5.41, 5.74) is 3.01. The van der Waals surface area contributed by atoms with Gasteiger partial charge in [-0.3, -0.25) is 5.32 Å². The van der Waals surface area contributed by atoms with Gasteiger partial charge in [0.05, 0.1) is 0 Å². The lowest BCUT2D eigenvalue weighted by Crippen LogP contribution is -2.39. The molecule has 1 heterocycles. The largest absolute Gasteiger partial charge is 0.335 e. The minimum Gasteiger partial charge on any atom is -0.335 e.